The maximum atomic E-state index is 5.94. The molecule has 21 heavy (non-hydrogen) atoms. The van der Waals surface area contributed by atoms with Crippen LogP contribution >= 0.6 is 11.6 Å². The van der Waals surface area contributed by atoms with E-state index in [9.17, 15) is 0 Å². The third-order valence-electron chi connectivity index (χ3n) is 2.79. The van der Waals surface area contributed by atoms with Crippen LogP contribution in [0.15, 0.2) is 36.5 Å². The van der Waals surface area contributed by atoms with Crippen molar-refractivity contribution in [1.82, 2.24) is 19.9 Å². The Balaban J connectivity index is 2.06. The van der Waals surface area contributed by atoms with Crippen LogP contribution in [0.25, 0.3) is 22.3 Å². The summed E-state index contributed by atoms with van der Waals surface area (Å²) in [5, 5.41) is 1.16. The molecular formula is C15H13ClN4O. The largest absolute Gasteiger partial charge is 0.461 e. The predicted molar refractivity (Wildman–Crippen MR) is 81.3 cm³/mol. The van der Waals surface area contributed by atoms with Crippen molar-refractivity contribution in [2.24, 2.45) is 0 Å². The summed E-state index contributed by atoms with van der Waals surface area (Å²) in [6, 6.07) is 9.94. The first kappa shape index (κ1) is 13.7. The fraction of sp³-hybridized carbons (Fsp3) is 0.200. The van der Waals surface area contributed by atoms with E-state index in [1.165, 1.54) is 0 Å². The number of halogens is 1. The topological polar surface area (TPSA) is 60.8 Å². The van der Waals surface area contributed by atoms with Gasteiger partial charge in [0.15, 0.2) is 5.82 Å². The monoisotopic (exact) mass is 300 g/mol. The van der Waals surface area contributed by atoms with Crippen molar-refractivity contribution in [2.75, 3.05) is 0 Å². The van der Waals surface area contributed by atoms with Crippen LogP contribution in [0.1, 0.15) is 13.8 Å². The van der Waals surface area contributed by atoms with Crippen LogP contribution in [0, 0.1) is 0 Å². The minimum Gasteiger partial charge on any atom is -0.461 e. The molecule has 0 saturated heterocycles. The van der Waals surface area contributed by atoms with E-state index < -0.39 is 0 Å². The van der Waals surface area contributed by atoms with E-state index in [1.54, 1.807) is 6.20 Å². The number of pyridine rings is 1. The Bertz CT molecular complexity index is 791. The summed E-state index contributed by atoms with van der Waals surface area (Å²) in [5.41, 5.74) is 1.69. The Hall–Kier alpha value is -2.27. The highest BCUT2D eigenvalue weighted by atomic mass is 35.5. The van der Waals surface area contributed by atoms with Crippen molar-refractivity contribution in [3.05, 3.63) is 41.8 Å². The molecule has 0 N–H and O–H groups in total. The van der Waals surface area contributed by atoms with Crippen LogP contribution < -0.4 is 4.74 Å². The molecule has 2 heterocycles. The van der Waals surface area contributed by atoms with Gasteiger partial charge in [-0.1, -0.05) is 18.2 Å². The highest BCUT2D eigenvalue weighted by Crippen LogP contribution is 2.22. The number of aromatic nitrogens is 4. The highest BCUT2D eigenvalue weighted by Gasteiger charge is 2.10. The molecular weight excluding hydrogens is 288 g/mol. The van der Waals surface area contributed by atoms with Gasteiger partial charge in [0.1, 0.15) is 0 Å². The van der Waals surface area contributed by atoms with Gasteiger partial charge < -0.3 is 4.74 Å². The maximum absolute atomic E-state index is 5.94. The molecule has 0 aliphatic rings. The van der Waals surface area contributed by atoms with Gasteiger partial charge in [-0.3, -0.25) is 4.98 Å². The smallest absolute Gasteiger partial charge is 0.321 e. The lowest BCUT2D eigenvalue weighted by atomic mass is 10.1. The van der Waals surface area contributed by atoms with Crippen molar-refractivity contribution in [2.45, 2.75) is 20.0 Å². The van der Waals surface area contributed by atoms with E-state index in [4.69, 9.17) is 16.3 Å². The van der Waals surface area contributed by atoms with Gasteiger partial charge in [-0.05, 0) is 37.6 Å². The summed E-state index contributed by atoms with van der Waals surface area (Å²) in [7, 11) is 0. The minimum absolute atomic E-state index is 0.0328. The van der Waals surface area contributed by atoms with Crippen molar-refractivity contribution >= 4 is 22.5 Å². The molecule has 5 nitrogen and oxygen atoms in total. The summed E-state index contributed by atoms with van der Waals surface area (Å²) in [6.07, 6.45) is 1.72. The maximum Gasteiger partial charge on any atom is 0.321 e. The number of ether oxygens (including phenoxy) is 1. The molecule has 0 amide bonds. The molecule has 0 fully saturated rings. The van der Waals surface area contributed by atoms with Gasteiger partial charge >= 0.3 is 6.01 Å². The van der Waals surface area contributed by atoms with Gasteiger partial charge in [0.05, 0.1) is 11.6 Å². The fourth-order valence-corrected chi connectivity index (χ4v) is 2.08. The highest BCUT2D eigenvalue weighted by molar-refractivity contribution is 6.28. The third kappa shape index (κ3) is 3.08. The first-order valence-electron chi connectivity index (χ1n) is 6.55. The molecule has 3 aromatic rings. The SMILES string of the molecule is CC(C)Oc1nc(Cl)nc(-c2ccc3cccnc3c2)n1. The van der Waals surface area contributed by atoms with E-state index in [2.05, 4.69) is 19.9 Å². The molecule has 1 aromatic carbocycles. The third-order valence-corrected chi connectivity index (χ3v) is 2.96. The summed E-state index contributed by atoms with van der Waals surface area (Å²) >= 11 is 5.94. The van der Waals surface area contributed by atoms with Crippen molar-refractivity contribution in [3.8, 4) is 17.4 Å². The summed E-state index contributed by atoms with van der Waals surface area (Å²) in [6.45, 7) is 3.80. The van der Waals surface area contributed by atoms with Gasteiger partial charge in [0, 0.05) is 17.1 Å². The predicted octanol–water partition coefficient (Wildman–Crippen LogP) is 3.53. The van der Waals surface area contributed by atoms with E-state index in [-0.39, 0.29) is 17.4 Å². The fourth-order valence-electron chi connectivity index (χ4n) is 1.93. The van der Waals surface area contributed by atoms with Gasteiger partial charge in [-0.15, -0.1) is 0 Å². The van der Waals surface area contributed by atoms with Crippen LogP contribution in [0.4, 0.5) is 0 Å². The molecule has 6 heteroatoms. The van der Waals surface area contributed by atoms with Crippen molar-refractivity contribution in [3.63, 3.8) is 0 Å². The Kier molecular flexibility index (Phi) is 3.66. The number of nitrogens with zero attached hydrogens (tertiary/aromatic N) is 4. The number of benzene rings is 1. The van der Waals surface area contributed by atoms with Gasteiger partial charge in [-0.2, -0.15) is 15.0 Å². The first-order valence-corrected chi connectivity index (χ1v) is 6.93. The second-order valence-electron chi connectivity index (χ2n) is 4.79. The average molecular weight is 301 g/mol. The van der Waals surface area contributed by atoms with E-state index in [1.807, 2.05) is 44.2 Å². The molecule has 3 rings (SSSR count). The number of rotatable bonds is 3. The Morgan fingerprint density at radius 2 is 1.95 bits per heavy atom. The van der Waals surface area contributed by atoms with E-state index >= 15 is 0 Å². The lowest BCUT2D eigenvalue weighted by Gasteiger charge is -2.09. The molecule has 0 saturated carbocycles. The first-order chi connectivity index (χ1) is 10.1. The van der Waals surface area contributed by atoms with Gasteiger partial charge in [0.2, 0.25) is 5.28 Å². The number of fused-ring (bicyclic) bond motifs is 1. The summed E-state index contributed by atoms with van der Waals surface area (Å²) < 4.78 is 5.48. The minimum atomic E-state index is -0.0328. The lowest BCUT2D eigenvalue weighted by Crippen LogP contribution is -2.09. The second kappa shape index (κ2) is 5.61. The quantitative estimate of drug-likeness (QED) is 0.740. The molecule has 0 unspecified atom stereocenters. The van der Waals surface area contributed by atoms with Crippen LogP contribution in [0.3, 0.4) is 0 Å². The zero-order valence-corrected chi connectivity index (χ0v) is 12.4. The molecule has 0 atom stereocenters. The molecule has 0 radical (unpaired) electrons. The molecule has 0 bridgehead atoms. The summed E-state index contributed by atoms with van der Waals surface area (Å²) in [5.74, 6) is 0.471. The number of hydrogen-bond donors (Lipinski definition) is 0. The van der Waals surface area contributed by atoms with Crippen LogP contribution in [-0.4, -0.2) is 26.0 Å². The summed E-state index contributed by atoms with van der Waals surface area (Å²) in [4.78, 5) is 16.7. The molecule has 0 aliphatic heterocycles. The normalized spacial score (nSPS) is 11.0. The zero-order chi connectivity index (χ0) is 14.8. The van der Waals surface area contributed by atoms with Crippen LogP contribution in [0.5, 0.6) is 6.01 Å². The molecule has 0 aliphatic carbocycles. The average Bonchev–Trinajstić information content (AvgIpc) is 2.45. The van der Waals surface area contributed by atoms with Crippen molar-refractivity contribution < 1.29 is 4.74 Å². The van der Waals surface area contributed by atoms with Gasteiger partial charge in [-0.25, -0.2) is 0 Å². The second-order valence-corrected chi connectivity index (χ2v) is 5.13. The molecule has 106 valence electrons. The van der Waals surface area contributed by atoms with Crippen LogP contribution in [0.2, 0.25) is 5.28 Å². The Morgan fingerprint density at radius 3 is 2.76 bits per heavy atom. The van der Waals surface area contributed by atoms with Gasteiger partial charge in [0.25, 0.3) is 0 Å². The van der Waals surface area contributed by atoms with Crippen molar-refractivity contribution in [1.29, 1.82) is 0 Å². The molecule has 2 aromatic heterocycles. The Morgan fingerprint density at radius 1 is 1.10 bits per heavy atom. The Labute approximate surface area is 127 Å². The molecule has 0 spiro atoms. The van der Waals surface area contributed by atoms with Crippen LogP contribution in [-0.2, 0) is 0 Å². The zero-order valence-electron chi connectivity index (χ0n) is 11.6. The van der Waals surface area contributed by atoms with E-state index in [0.717, 1.165) is 16.5 Å². The standard InChI is InChI=1S/C15H13ClN4O/c1-9(2)21-15-19-13(18-14(16)20-15)11-6-5-10-4-3-7-17-12(10)8-11/h3-9H,1-2H3. The lowest BCUT2D eigenvalue weighted by molar-refractivity contribution is 0.222. The number of hydrogen-bond acceptors (Lipinski definition) is 5. The van der Waals surface area contributed by atoms with E-state index in [0.29, 0.717) is 5.82 Å².